The summed E-state index contributed by atoms with van der Waals surface area (Å²) in [6.45, 7) is 8.43. The van der Waals surface area contributed by atoms with Gasteiger partial charge in [-0.1, -0.05) is 30.3 Å². The van der Waals surface area contributed by atoms with E-state index in [0.29, 0.717) is 30.7 Å². The number of thiophene rings is 1. The number of rotatable bonds is 6. The van der Waals surface area contributed by atoms with E-state index in [9.17, 15) is 19.5 Å². The quantitative estimate of drug-likeness (QED) is 0.557. The summed E-state index contributed by atoms with van der Waals surface area (Å²) in [7, 11) is 0. The van der Waals surface area contributed by atoms with Gasteiger partial charge in [0.2, 0.25) is 5.91 Å². The van der Waals surface area contributed by atoms with Crippen LogP contribution >= 0.6 is 11.3 Å². The second kappa shape index (κ2) is 9.74. The summed E-state index contributed by atoms with van der Waals surface area (Å²) in [6.07, 6.45) is 2.37. The van der Waals surface area contributed by atoms with Crippen molar-refractivity contribution >= 4 is 29.1 Å². The van der Waals surface area contributed by atoms with Gasteiger partial charge in [0, 0.05) is 29.0 Å². The van der Waals surface area contributed by atoms with Crippen molar-refractivity contribution in [3.8, 4) is 10.4 Å². The van der Waals surface area contributed by atoms with Crippen molar-refractivity contribution in [2.24, 2.45) is 5.41 Å². The number of hydrogen-bond acceptors (Lipinski definition) is 5. The molecule has 3 N–H and O–H groups in total. The van der Waals surface area contributed by atoms with Crippen molar-refractivity contribution < 1.29 is 19.5 Å². The fraction of sp³-hybridized carbons (Fsp3) is 0.519. The van der Waals surface area contributed by atoms with Gasteiger partial charge in [-0.25, -0.2) is 0 Å². The van der Waals surface area contributed by atoms with E-state index in [1.807, 2.05) is 36.4 Å². The molecule has 0 bridgehead atoms. The molecule has 0 radical (unpaired) electrons. The zero-order valence-corrected chi connectivity index (χ0v) is 21.7. The molecular formula is C27H35N3O4S. The Morgan fingerprint density at radius 3 is 2.46 bits per heavy atom. The van der Waals surface area contributed by atoms with Crippen molar-refractivity contribution in [1.82, 2.24) is 15.5 Å². The molecule has 1 aromatic heterocycles. The van der Waals surface area contributed by atoms with Crippen LogP contribution in [0.5, 0.6) is 0 Å². The second-order valence-corrected chi connectivity index (χ2v) is 12.1. The third-order valence-corrected chi connectivity index (χ3v) is 8.26. The van der Waals surface area contributed by atoms with Gasteiger partial charge < -0.3 is 20.6 Å². The Bertz CT molecular complexity index is 1090. The molecule has 4 atom stereocenters. The summed E-state index contributed by atoms with van der Waals surface area (Å²) < 4.78 is 0. The van der Waals surface area contributed by atoms with Crippen LogP contribution < -0.4 is 10.6 Å². The number of carboxylic acid groups (broad SMARTS) is 1. The maximum Gasteiger partial charge on any atom is 0.311 e. The Morgan fingerprint density at radius 2 is 1.80 bits per heavy atom. The summed E-state index contributed by atoms with van der Waals surface area (Å²) in [5.74, 6) is -1.33. The van der Waals surface area contributed by atoms with E-state index < -0.39 is 17.4 Å². The fourth-order valence-corrected chi connectivity index (χ4v) is 6.40. The summed E-state index contributed by atoms with van der Waals surface area (Å²) >= 11 is 1.39. The first-order valence-electron chi connectivity index (χ1n) is 12.3. The molecule has 7 nitrogen and oxygen atoms in total. The van der Waals surface area contributed by atoms with Crippen LogP contribution in [-0.4, -0.2) is 58.0 Å². The number of amides is 2. The first kappa shape index (κ1) is 25.4. The highest BCUT2D eigenvalue weighted by molar-refractivity contribution is 7.17. The SMILES string of the molecule is CC(C)(C)N[C@@H]1CC[C@H](N2CC[C@H](NC(=O)c3ccc(-c4ccccc4)s3)C2=O)[C@](C)(C(=O)O)C1. The van der Waals surface area contributed by atoms with E-state index in [-0.39, 0.29) is 29.4 Å². The van der Waals surface area contributed by atoms with E-state index >= 15 is 0 Å². The molecule has 188 valence electrons. The smallest absolute Gasteiger partial charge is 0.311 e. The van der Waals surface area contributed by atoms with Crippen molar-refractivity contribution in [3.05, 3.63) is 47.3 Å². The number of likely N-dealkylation sites (tertiary alicyclic amines) is 1. The topological polar surface area (TPSA) is 98.7 Å². The van der Waals surface area contributed by atoms with E-state index in [1.54, 1.807) is 17.9 Å². The number of aliphatic carboxylic acids is 1. The lowest BCUT2D eigenvalue weighted by Gasteiger charge is -2.47. The highest BCUT2D eigenvalue weighted by Gasteiger charge is 2.52. The predicted molar refractivity (Wildman–Crippen MR) is 137 cm³/mol. The lowest BCUT2D eigenvalue weighted by molar-refractivity contribution is -0.158. The molecule has 35 heavy (non-hydrogen) atoms. The third kappa shape index (κ3) is 5.43. The monoisotopic (exact) mass is 497 g/mol. The van der Waals surface area contributed by atoms with Gasteiger partial charge in [-0.05, 0) is 71.1 Å². The first-order valence-corrected chi connectivity index (χ1v) is 13.1. The third-order valence-electron chi connectivity index (χ3n) is 7.13. The summed E-state index contributed by atoms with van der Waals surface area (Å²) in [6, 6.07) is 12.6. The minimum Gasteiger partial charge on any atom is -0.481 e. The largest absolute Gasteiger partial charge is 0.481 e. The van der Waals surface area contributed by atoms with E-state index in [2.05, 4.69) is 31.4 Å². The Labute approximate surface area is 210 Å². The van der Waals surface area contributed by atoms with Crippen LogP contribution in [0.25, 0.3) is 10.4 Å². The normalized spacial score (nSPS) is 27.1. The van der Waals surface area contributed by atoms with Gasteiger partial charge >= 0.3 is 5.97 Å². The van der Waals surface area contributed by atoms with Gasteiger partial charge in [0.25, 0.3) is 5.91 Å². The Balaban J connectivity index is 1.43. The molecule has 2 aromatic rings. The molecule has 2 aliphatic rings. The summed E-state index contributed by atoms with van der Waals surface area (Å²) in [5.41, 5.74) is -0.115. The summed E-state index contributed by atoms with van der Waals surface area (Å²) in [4.78, 5) is 41.9. The van der Waals surface area contributed by atoms with E-state index in [4.69, 9.17) is 0 Å². The number of carbonyl (C=O) groups is 3. The molecule has 1 saturated carbocycles. The highest BCUT2D eigenvalue weighted by Crippen LogP contribution is 2.41. The Hall–Kier alpha value is -2.71. The van der Waals surface area contributed by atoms with Crippen LogP contribution in [0.15, 0.2) is 42.5 Å². The number of nitrogens with one attached hydrogen (secondary N) is 2. The van der Waals surface area contributed by atoms with Gasteiger partial charge in [-0.2, -0.15) is 0 Å². The van der Waals surface area contributed by atoms with Gasteiger partial charge in [-0.3, -0.25) is 14.4 Å². The molecule has 2 fully saturated rings. The van der Waals surface area contributed by atoms with E-state index in [1.165, 1.54) is 11.3 Å². The molecule has 8 heteroatoms. The van der Waals surface area contributed by atoms with Gasteiger partial charge in [0.05, 0.1) is 10.3 Å². The number of nitrogens with zero attached hydrogens (tertiary/aromatic N) is 1. The average Bonchev–Trinajstić information content (AvgIpc) is 3.41. The van der Waals surface area contributed by atoms with Crippen LogP contribution in [0.1, 0.15) is 63.0 Å². The van der Waals surface area contributed by atoms with Crippen LogP contribution in [0.3, 0.4) is 0 Å². The lowest BCUT2D eigenvalue weighted by atomic mass is 9.68. The van der Waals surface area contributed by atoms with Crippen molar-refractivity contribution in [1.29, 1.82) is 0 Å². The average molecular weight is 498 g/mol. The molecule has 2 heterocycles. The van der Waals surface area contributed by atoms with Crippen LogP contribution in [-0.2, 0) is 9.59 Å². The standard InChI is InChI=1S/C27H35N3O4S/c1-26(2,3)29-18-10-13-22(27(4,16-18)25(33)34)30-15-14-19(24(30)32)28-23(31)21-12-11-20(35-21)17-8-6-5-7-9-17/h5-9,11-12,18-19,22,29H,10,13-16H2,1-4H3,(H,28,31)(H,33,34)/t18-,19+,22+,27-/m1/s1. The van der Waals surface area contributed by atoms with Gasteiger partial charge in [0.15, 0.2) is 0 Å². The zero-order valence-electron chi connectivity index (χ0n) is 20.8. The Kier molecular flexibility index (Phi) is 7.06. The molecule has 2 amide bonds. The number of carboxylic acids is 1. The van der Waals surface area contributed by atoms with Gasteiger partial charge in [0.1, 0.15) is 6.04 Å². The minimum absolute atomic E-state index is 0.0817. The van der Waals surface area contributed by atoms with Gasteiger partial charge in [-0.15, -0.1) is 11.3 Å². The zero-order chi connectivity index (χ0) is 25.4. The molecule has 0 spiro atoms. The lowest BCUT2D eigenvalue weighted by Crippen LogP contribution is -2.59. The minimum atomic E-state index is -1.05. The maximum absolute atomic E-state index is 13.3. The van der Waals surface area contributed by atoms with Crippen LogP contribution in [0.4, 0.5) is 0 Å². The van der Waals surface area contributed by atoms with Crippen molar-refractivity contribution in [3.63, 3.8) is 0 Å². The van der Waals surface area contributed by atoms with Crippen LogP contribution in [0.2, 0.25) is 0 Å². The summed E-state index contributed by atoms with van der Waals surface area (Å²) in [5, 5.41) is 16.6. The molecule has 4 rings (SSSR count). The number of hydrogen-bond donors (Lipinski definition) is 3. The highest BCUT2D eigenvalue weighted by atomic mass is 32.1. The first-order chi connectivity index (χ1) is 16.5. The Morgan fingerprint density at radius 1 is 1.09 bits per heavy atom. The molecular weight excluding hydrogens is 462 g/mol. The molecule has 1 aliphatic carbocycles. The number of carbonyl (C=O) groups excluding carboxylic acids is 2. The van der Waals surface area contributed by atoms with Crippen molar-refractivity contribution in [2.75, 3.05) is 6.54 Å². The molecule has 1 aliphatic heterocycles. The van der Waals surface area contributed by atoms with Crippen LogP contribution in [0, 0.1) is 5.41 Å². The fourth-order valence-electron chi connectivity index (χ4n) is 5.48. The van der Waals surface area contributed by atoms with Crippen molar-refractivity contribution in [2.45, 2.75) is 77.0 Å². The second-order valence-electron chi connectivity index (χ2n) is 11.0. The number of benzene rings is 1. The molecule has 1 aromatic carbocycles. The van der Waals surface area contributed by atoms with E-state index in [0.717, 1.165) is 16.9 Å². The molecule has 1 saturated heterocycles. The predicted octanol–water partition coefficient (Wildman–Crippen LogP) is 4.15. The molecule has 0 unspecified atom stereocenters. The maximum atomic E-state index is 13.3.